The van der Waals surface area contributed by atoms with Crippen LogP contribution in [-0.4, -0.2) is 17.0 Å². The molecular formula is C18H14IN3O3S. The van der Waals surface area contributed by atoms with Gasteiger partial charge in [0.25, 0.3) is 5.56 Å². The van der Waals surface area contributed by atoms with Gasteiger partial charge in [0.2, 0.25) is 0 Å². The van der Waals surface area contributed by atoms with Crippen LogP contribution in [-0.2, 0) is 6.67 Å². The van der Waals surface area contributed by atoms with Crippen LogP contribution < -0.4 is 19.8 Å². The number of hydrogen-bond acceptors (Lipinski definition) is 6. The van der Waals surface area contributed by atoms with Gasteiger partial charge in [0.05, 0.1) is 4.53 Å². The monoisotopic (exact) mass is 479 g/mol. The highest BCUT2D eigenvalue weighted by atomic mass is 127. The van der Waals surface area contributed by atoms with Crippen molar-refractivity contribution in [2.45, 2.75) is 13.6 Å². The molecule has 0 N–H and O–H groups in total. The van der Waals surface area contributed by atoms with Gasteiger partial charge in [-0.2, -0.15) is 0 Å². The maximum absolute atomic E-state index is 12.7. The first-order valence-electron chi connectivity index (χ1n) is 7.88. The van der Waals surface area contributed by atoms with Crippen LogP contribution in [0, 0.1) is 3.77 Å². The van der Waals surface area contributed by atoms with E-state index in [0.717, 1.165) is 9.45 Å². The zero-order chi connectivity index (χ0) is 18.3. The largest absolute Gasteiger partial charge is 0.451 e. The maximum atomic E-state index is 12.7. The SMILES string of the molecule is CC(=O)c1cccc(N2CN=c3s/c(=C\c4ccc(I)o4)c(=O)n3C2)c1. The molecule has 0 fully saturated rings. The molecule has 0 spiro atoms. The second kappa shape index (κ2) is 6.84. The molecule has 1 aromatic carbocycles. The molecule has 0 unspecified atom stereocenters. The number of fused-ring (bicyclic) bond motifs is 1. The van der Waals surface area contributed by atoms with Gasteiger partial charge in [0, 0.05) is 17.3 Å². The Morgan fingerprint density at radius 2 is 2.19 bits per heavy atom. The van der Waals surface area contributed by atoms with E-state index in [1.807, 2.05) is 35.2 Å². The highest BCUT2D eigenvalue weighted by Crippen LogP contribution is 2.18. The van der Waals surface area contributed by atoms with Crippen molar-refractivity contribution in [2.24, 2.45) is 4.99 Å². The number of Topliss-reactive ketones (excluding diaryl/α,β-unsaturated/α-hetero) is 1. The number of ketones is 1. The molecule has 0 atom stereocenters. The molecule has 26 heavy (non-hydrogen) atoms. The summed E-state index contributed by atoms with van der Waals surface area (Å²) in [4.78, 5) is 31.5. The van der Waals surface area contributed by atoms with Crippen molar-refractivity contribution in [1.82, 2.24) is 4.57 Å². The number of benzene rings is 1. The van der Waals surface area contributed by atoms with Gasteiger partial charge in [-0.25, -0.2) is 4.99 Å². The lowest BCUT2D eigenvalue weighted by molar-refractivity contribution is 0.101. The molecule has 0 saturated carbocycles. The third kappa shape index (κ3) is 3.26. The Morgan fingerprint density at radius 3 is 2.92 bits per heavy atom. The molecule has 4 rings (SSSR count). The quantitative estimate of drug-likeness (QED) is 0.427. The number of halogens is 1. The van der Waals surface area contributed by atoms with E-state index in [2.05, 4.69) is 27.6 Å². The van der Waals surface area contributed by atoms with E-state index in [4.69, 9.17) is 4.42 Å². The summed E-state index contributed by atoms with van der Waals surface area (Å²) in [6.07, 6.45) is 1.75. The predicted octanol–water partition coefficient (Wildman–Crippen LogP) is 2.19. The van der Waals surface area contributed by atoms with Crippen molar-refractivity contribution in [2.75, 3.05) is 11.6 Å². The fourth-order valence-electron chi connectivity index (χ4n) is 2.73. The van der Waals surface area contributed by atoms with Crippen LogP contribution in [0.4, 0.5) is 5.69 Å². The maximum Gasteiger partial charge on any atom is 0.271 e. The summed E-state index contributed by atoms with van der Waals surface area (Å²) in [5.41, 5.74) is 1.43. The number of furan rings is 1. The number of hydrogen-bond donors (Lipinski definition) is 0. The van der Waals surface area contributed by atoms with Gasteiger partial charge >= 0.3 is 0 Å². The van der Waals surface area contributed by atoms with Crippen LogP contribution in [0.15, 0.2) is 50.6 Å². The van der Waals surface area contributed by atoms with Gasteiger partial charge < -0.3 is 9.32 Å². The summed E-state index contributed by atoms with van der Waals surface area (Å²) < 4.78 is 8.53. The summed E-state index contributed by atoms with van der Waals surface area (Å²) in [6.45, 7) is 2.39. The lowest BCUT2D eigenvalue weighted by Crippen LogP contribution is -2.42. The third-order valence-electron chi connectivity index (χ3n) is 4.06. The molecule has 1 aliphatic rings. The molecule has 0 radical (unpaired) electrons. The third-order valence-corrected chi connectivity index (χ3v) is 5.69. The van der Waals surface area contributed by atoms with Crippen LogP contribution >= 0.6 is 33.9 Å². The van der Waals surface area contributed by atoms with Crippen molar-refractivity contribution in [3.8, 4) is 0 Å². The number of anilines is 1. The minimum absolute atomic E-state index is 0.0131. The lowest BCUT2D eigenvalue weighted by atomic mass is 10.1. The molecule has 132 valence electrons. The van der Waals surface area contributed by atoms with E-state index in [1.165, 1.54) is 11.3 Å². The van der Waals surface area contributed by atoms with E-state index in [1.54, 1.807) is 23.6 Å². The van der Waals surface area contributed by atoms with E-state index in [-0.39, 0.29) is 11.3 Å². The van der Waals surface area contributed by atoms with E-state index >= 15 is 0 Å². The Labute approximate surface area is 166 Å². The van der Waals surface area contributed by atoms with E-state index < -0.39 is 0 Å². The second-order valence-electron chi connectivity index (χ2n) is 5.86. The molecule has 3 aromatic rings. The lowest BCUT2D eigenvalue weighted by Gasteiger charge is -2.25. The second-order valence-corrected chi connectivity index (χ2v) is 7.93. The van der Waals surface area contributed by atoms with Crippen LogP contribution in [0.2, 0.25) is 0 Å². The first-order valence-corrected chi connectivity index (χ1v) is 9.78. The Morgan fingerprint density at radius 1 is 1.35 bits per heavy atom. The Kier molecular flexibility index (Phi) is 4.53. The highest BCUT2D eigenvalue weighted by molar-refractivity contribution is 14.1. The number of aromatic nitrogens is 1. The van der Waals surface area contributed by atoms with E-state index in [9.17, 15) is 9.59 Å². The molecule has 0 bridgehead atoms. The van der Waals surface area contributed by atoms with Gasteiger partial charge in [-0.3, -0.25) is 14.2 Å². The topological polar surface area (TPSA) is 67.8 Å². The zero-order valence-corrected chi connectivity index (χ0v) is 16.8. The minimum atomic E-state index is -0.0902. The molecule has 0 saturated heterocycles. The highest BCUT2D eigenvalue weighted by Gasteiger charge is 2.16. The first-order chi connectivity index (χ1) is 12.5. The summed E-state index contributed by atoms with van der Waals surface area (Å²) in [6, 6.07) is 11.1. The van der Waals surface area contributed by atoms with Gasteiger partial charge in [0.15, 0.2) is 14.4 Å². The fraction of sp³-hybridized carbons (Fsp3) is 0.167. The van der Waals surface area contributed by atoms with Crippen LogP contribution in [0.1, 0.15) is 23.0 Å². The summed E-state index contributed by atoms with van der Waals surface area (Å²) in [7, 11) is 0. The molecule has 6 nitrogen and oxygen atoms in total. The number of thiazole rings is 1. The molecule has 3 heterocycles. The molecule has 0 aliphatic carbocycles. The Bertz CT molecular complexity index is 1170. The normalized spacial score (nSPS) is 14.2. The van der Waals surface area contributed by atoms with Gasteiger partial charge in [-0.05, 0) is 53.8 Å². The van der Waals surface area contributed by atoms with Crippen LogP contribution in [0.5, 0.6) is 0 Å². The zero-order valence-electron chi connectivity index (χ0n) is 13.8. The number of carbonyl (C=O) groups is 1. The number of nitrogens with zero attached hydrogens (tertiary/aromatic N) is 3. The summed E-state index contributed by atoms with van der Waals surface area (Å²) >= 11 is 3.45. The molecule has 1 aliphatic heterocycles. The Hall–Kier alpha value is -2.20. The van der Waals surface area contributed by atoms with Crippen molar-refractivity contribution in [1.29, 1.82) is 0 Å². The number of carbonyl (C=O) groups excluding carboxylic acids is 1. The predicted molar refractivity (Wildman–Crippen MR) is 108 cm³/mol. The van der Waals surface area contributed by atoms with Gasteiger partial charge in [-0.15, -0.1) is 0 Å². The van der Waals surface area contributed by atoms with Crippen molar-refractivity contribution in [3.05, 3.63) is 71.2 Å². The van der Waals surface area contributed by atoms with Crippen molar-refractivity contribution in [3.63, 3.8) is 0 Å². The fourth-order valence-corrected chi connectivity index (χ4v) is 4.11. The summed E-state index contributed by atoms with van der Waals surface area (Å²) in [5.74, 6) is 0.663. The summed E-state index contributed by atoms with van der Waals surface area (Å²) in [5, 5.41) is 0. The van der Waals surface area contributed by atoms with Crippen LogP contribution in [0.25, 0.3) is 6.08 Å². The molecule has 8 heteroatoms. The number of rotatable bonds is 3. The molecule has 2 aromatic heterocycles. The molecule has 0 amide bonds. The van der Waals surface area contributed by atoms with Gasteiger partial charge in [-0.1, -0.05) is 23.5 Å². The van der Waals surface area contributed by atoms with E-state index in [0.29, 0.717) is 34.0 Å². The van der Waals surface area contributed by atoms with Gasteiger partial charge in [0.1, 0.15) is 19.1 Å². The average molecular weight is 479 g/mol. The Balaban J connectivity index is 1.70. The standard InChI is InChI=1S/C18H14IN3O3S/c1-11(23)12-3-2-4-13(7-12)21-9-20-18-22(10-21)17(24)15(26-18)8-14-5-6-16(19)25-14/h2-8H,9-10H2,1H3/b15-8-. The first kappa shape index (κ1) is 17.2. The van der Waals surface area contributed by atoms with Crippen LogP contribution in [0.3, 0.4) is 0 Å². The smallest absolute Gasteiger partial charge is 0.271 e. The molecular weight excluding hydrogens is 465 g/mol. The van der Waals surface area contributed by atoms with Crippen molar-refractivity contribution >= 4 is 51.5 Å². The average Bonchev–Trinajstić information content (AvgIpc) is 3.18. The minimum Gasteiger partial charge on any atom is -0.451 e. The van der Waals surface area contributed by atoms with Crippen molar-refractivity contribution < 1.29 is 9.21 Å².